The lowest BCUT2D eigenvalue weighted by Gasteiger charge is -2.33. The number of hydrogen-bond donors (Lipinski definition) is 0. The molecule has 2 aromatic heterocycles. The predicted octanol–water partition coefficient (Wildman–Crippen LogP) is 6.47. The monoisotopic (exact) mass is 600 g/mol. The zero-order chi connectivity index (χ0) is 31.0. The van der Waals surface area contributed by atoms with E-state index in [2.05, 4.69) is 15.1 Å². The fourth-order valence-corrected chi connectivity index (χ4v) is 5.20. The Hall–Kier alpha value is -3.58. The van der Waals surface area contributed by atoms with Gasteiger partial charge in [0, 0.05) is 55.9 Å². The Morgan fingerprint density at radius 1 is 1.07 bits per heavy atom. The molecule has 230 valence electrons. The van der Waals surface area contributed by atoms with Crippen molar-refractivity contribution in [2.45, 2.75) is 77.0 Å². The fourth-order valence-electron chi connectivity index (χ4n) is 5.20. The molecule has 0 aromatic carbocycles. The number of aryl methyl sites for hydroxylation is 1. The van der Waals surface area contributed by atoms with E-state index >= 15 is 0 Å². The number of nitrogens with zero attached hydrogens (tertiary/aromatic N) is 6. The molecule has 14 heteroatoms. The molecule has 2 aromatic rings. The first-order valence-electron chi connectivity index (χ1n) is 13.6. The highest BCUT2D eigenvalue weighted by Crippen LogP contribution is 2.41. The first-order chi connectivity index (χ1) is 19.4. The van der Waals surface area contributed by atoms with E-state index in [-0.39, 0.29) is 36.7 Å². The highest BCUT2D eigenvalue weighted by Gasteiger charge is 2.45. The summed E-state index contributed by atoms with van der Waals surface area (Å²) in [5.41, 5.74) is -0.779. The lowest BCUT2D eigenvalue weighted by molar-refractivity contribution is -0.162. The number of carbonyl (C=O) groups excluding carboxylic acids is 1. The van der Waals surface area contributed by atoms with Crippen LogP contribution in [-0.2, 0) is 11.8 Å². The molecule has 0 bridgehead atoms. The van der Waals surface area contributed by atoms with Crippen LogP contribution in [0.25, 0.3) is 11.1 Å². The Morgan fingerprint density at radius 2 is 1.74 bits per heavy atom. The summed E-state index contributed by atoms with van der Waals surface area (Å²) in [6.07, 6.45) is -2.55. The number of likely N-dealkylation sites (tertiary alicyclic amines) is 1. The number of aromatic nitrogens is 4. The van der Waals surface area contributed by atoms with Crippen molar-refractivity contribution in [1.82, 2.24) is 24.6 Å². The third-order valence-electron chi connectivity index (χ3n) is 7.21. The Balaban J connectivity index is 1.69. The predicted molar refractivity (Wildman–Crippen MR) is 143 cm³/mol. The minimum absolute atomic E-state index is 0.0594. The standard InChI is InChI=1S/C28H34F6N6O2/c1-6-22-10-23(16-40(22)25(41)42-26(2,3)4)39(24-35-11-18(12-36-24)19-13-37-38(5)15-19)14-17-7-20(27(29,30)31)9-21(8-17)28(32,33)34/h7,9,11-13,15,21-23H,6,8,10,14,16H2,1-5H3/t21?,22-,23+/m1/s1. The van der Waals surface area contributed by atoms with Crippen LogP contribution in [-0.4, -0.2) is 73.9 Å². The van der Waals surface area contributed by atoms with E-state index in [1.165, 1.54) is 12.4 Å². The number of hydrogen-bond acceptors (Lipinski definition) is 6. The van der Waals surface area contributed by atoms with E-state index < -0.39 is 48.0 Å². The van der Waals surface area contributed by atoms with Gasteiger partial charge >= 0.3 is 18.4 Å². The summed E-state index contributed by atoms with van der Waals surface area (Å²) in [6.45, 7) is 6.96. The normalized spacial score (nSPS) is 21.7. The average Bonchev–Trinajstić information content (AvgIpc) is 3.52. The van der Waals surface area contributed by atoms with Crippen molar-refractivity contribution < 1.29 is 35.9 Å². The number of rotatable bonds is 6. The van der Waals surface area contributed by atoms with E-state index in [0.29, 0.717) is 18.4 Å². The van der Waals surface area contributed by atoms with Crippen molar-refractivity contribution in [2.24, 2.45) is 13.0 Å². The smallest absolute Gasteiger partial charge is 0.416 e. The maximum Gasteiger partial charge on any atom is 0.416 e. The molecule has 8 nitrogen and oxygen atoms in total. The number of allylic oxidation sites excluding steroid dienone is 3. The maximum absolute atomic E-state index is 13.7. The van der Waals surface area contributed by atoms with Crippen LogP contribution >= 0.6 is 0 Å². The average molecular weight is 601 g/mol. The van der Waals surface area contributed by atoms with Gasteiger partial charge in [-0.2, -0.15) is 31.4 Å². The molecular formula is C28H34F6N6O2. The van der Waals surface area contributed by atoms with Gasteiger partial charge < -0.3 is 14.5 Å². The maximum atomic E-state index is 13.7. The van der Waals surface area contributed by atoms with E-state index in [1.54, 1.807) is 54.7 Å². The Bertz CT molecular complexity index is 1330. The summed E-state index contributed by atoms with van der Waals surface area (Å²) in [7, 11) is 1.75. The van der Waals surface area contributed by atoms with Crippen molar-refractivity contribution in [3.63, 3.8) is 0 Å². The first-order valence-corrected chi connectivity index (χ1v) is 13.6. The lowest BCUT2D eigenvalue weighted by Crippen LogP contribution is -2.43. The Kier molecular flexibility index (Phi) is 8.66. The molecule has 1 aliphatic carbocycles. The van der Waals surface area contributed by atoms with Gasteiger partial charge in [-0.1, -0.05) is 13.0 Å². The number of alkyl halides is 6. The highest BCUT2D eigenvalue weighted by atomic mass is 19.4. The molecule has 3 atom stereocenters. The number of halogens is 6. The minimum Gasteiger partial charge on any atom is -0.444 e. The summed E-state index contributed by atoms with van der Waals surface area (Å²) in [4.78, 5) is 25.1. The van der Waals surface area contributed by atoms with E-state index in [4.69, 9.17) is 4.74 Å². The van der Waals surface area contributed by atoms with Gasteiger partial charge in [0.1, 0.15) is 5.60 Å². The summed E-state index contributed by atoms with van der Waals surface area (Å²) in [6, 6.07) is -0.743. The van der Waals surface area contributed by atoms with Crippen LogP contribution in [0.15, 0.2) is 48.1 Å². The summed E-state index contributed by atoms with van der Waals surface area (Å²) in [5.74, 6) is -2.16. The van der Waals surface area contributed by atoms with Crippen LogP contribution in [0.1, 0.15) is 47.0 Å². The number of ether oxygens (including phenoxy) is 1. The van der Waals surface area contributed by atoms with Crippen LogP contribution in [0, 0.1) is 5.92 Å². The second-order valence-corrected chi connectivity index (χ2v) is 11.7. The number of anilines is 1. The SMILES string of the molecule is CC[C@@H]1C[C@H](N(CC2=CC(C(F)(F)F)=CC(C(F)(F)F)C2)c2ncc(-c3cnn(C)c3)cn2)CN1C(=O)OC(C)(C)C. The lowest BCUT2D eigenvalue weighted by atomic mass is 9.89. The van der Waals surface area contributed by atoms with E-state index in [9.17, 15) is 31.1 Å². The molecule has 2 aliphatic rings. The molecule has 42 heavy (non-hydrogen) atoms. The fraction of sp³-hybridized carbons (Fsp3) is 0.571. The van der Waals surface area contributed by atoms with Crippen molar-refractivity contribution in [1.29, 1.82) is 0 Å². The molecule has 1 fully saturated rings. The zero-order valence-corrected chi connectivity index (χ0v) is 24.0. The van der Waals surface area contributed by atoms with Gasteiger partial charge in [-0.25, -0.2) is 14.8 Å². The molecule has 0 spiro atoms. The minimum atomic E-state index is -4.95. The molecule has 4 rings (SSSR count). The first kappa shape index (κ1) is 31.4. The largest absolute Gasteiger partial charge is 0.444 e. The second-order valence-electron chi connectivity index (χ2n) is 11.7. The molecule has 0 N–H and O–H groups in total. The Morgan fingerprint density at radius 3 is 2.26 bits per heavy atom. The van der Waals surface area contributed by atoms with Crippen molar-refractivity contribution in [3.8, 4) is 11.1 Å². The van der Waals surface area contributed by atoms with Crippen molar-refractivity contribution in [2.75, 3.05) is 18.0 Å². The number of carbonyl (C=O) groups is 1. The summed E-state index contributed by atoms with van der Waals surface area (Å²) < 4.78 is 89.1. The number of amides is 1. The van der Waals surface area contributed by atoms with Crippen LogP contribution in [0.4, 0.5) is 37.1 Å². The van der Waals surface area contributed by atoms with Crippen LogP contribution in [0.5, 0.6) is 0 Å². The highest BCUT2D eigenvalue weighted by molar-refractivity contribution is 5.69. The van der Waals surface area contributed by atoms with Gasteiger partial charge in [-0.05, 0) is 51.7 Å². The van der Waals surface area contributed by atoms with E-state index in [1.807, 2.05) is 6.92 Å². The van der Waals surface area contributed by atoms with Gasteiger partial charge in [0.2, 0.25) is 5.95 Å². The van der Waals surface area contributed by atoms with Crippen LogP contribution < -0.4 is 4.90 Å². The second kappa shape index (κ2) is 11.6. The Labute approximate surface area is 240 Å². The van der Waals surface area contributed by atoms with Gasteiger partial charge in [-0.3, -0.25) is 4.68 Å². The van der Waals surface area contributed by atoms with E-state index in [0.717, 1.165) is 11.6 Å². The van der Waals surface area contributed by atoms with Crippen molar-refractivity contribution in [3.05, 3.63) is 48.1 Å². The van der Waals surface area contributed by atoms with Gasteiger partial charge in [0.15, 0.2) is 0 Å². The van der Waals surface area contributed by atoms with Crippen molar-refractivity contribution >= 4 is 12.0 Å². The summed E-state index contributed by atoms with van der Waals surface area (Å²) >= 11 is 0. The topological polar surface area (TPSA) is 76.4 Å². The van der Waals surface area contributed by atoms with Gasteiger partial charge in [-0.15, -0.1) is 0 Å². The zero-order valence-electron chi connectivity index (χ0n) is 24.0. The molecule has 0 saturated carbocycles. The molecule has 3 heterocycles. The summed E-state index contributed by atoms with van der Waals surface area (Å²) in [5, 5.41) is 4.12. The molecule has 1 amide bonds. The third-order valence-corrected chi connectivity index (χ3v) is 7.21. The quantitative estimate of drug-likeness (QED) is 0.354. The van der Waals surface area contributed by atoms with Crippen LogP contribution in [0.3, 0.4) is 0 Å². The molecule has 1 saturated heterocycles. The molecular weight excluding hydrogens is 566 g/mol. The van der Waals surface area contributed by atoms with Gasteiger partial charge in [0.05, 0.1) is 23.7 Å². The van der Waals surface area contributed by atoms with Crippen LogP contribution in [0.2, 0.25) is 0 Å². The third kappa shape index (κ3) is 7.43. The molecule has 0 radical (unpaired) electrons. The van der Waals surface area contributed by atoms with Gasteiger partial charge in [0.25, 0.3) is 0 Å². The molecule has 1 unspecified atom stereocenters. The molecule has 1 aliphatic heterocycles.